The summed E-state index contributed by atoms with van der Waals surface area (Å²) < 4.78 is 0. The summed E-state index contributed by atoms with van der Waals surface area (Å²) in [5, 5.41) is 8.89. The average molecular weight is 183 g/mol. The molecule has 0 radical (unpaired) electrons. The van der Waals surface area contributed by atoms with Crippen LogP contribution in [0.5, 0.6) is 5.75 Å². The minimum atomic E-state index is 0.276. The molecule has 1 rings (SSSR count). The number of rotatable bonds is 1. The number of aromatic hydroxyl groups is 1. The maximum absolute atomic E-state index is 8.89. The zero-order chi connectivity index (χ0) is 10.7. The van der Waals surface area contributed by atoms with E-state index in [1.807, 2.05) is 33.8 Å². The van der Waals surface area contributed by atoms with Crippen LogP contribution in [0.1, 0.15) is 33.3 Å². The number of hydrogen-bond donors (Lipinski definition) is 2. The minimum absolute atomic E-state index is 0.276. The fourth-order valence-corrected chi connectivity index (χ4v) is 0.683. The van der Waals surface area contributed by atoms with Crippen molar-refractivity contribution in [3.63, 3.8) is 0 Å². The highest BCUT2D eigenvalue weighted by molar-refractivity contribution is 5.26. The van der Waals surface area contributed by atoms with Gasteiger partial charge in [-0.2, -0.15) is 0 Å². The zero-order valence-corrected chi connectivity index (χ0v) is 9.04. The number of benzene rings is 1. The first-order valence-electron chi connectivity index (χ1n) is 4.81. The van der Waals surface area contributed by atoms with Crippen molar-refractivity contribution in [2.45, 2.75) is 34.2 Å². The molecule has 76 valence electrons. The molecule has 1 aromatic carbocycles. The summed E-state index contributed by atoms with van der Waals surface area (Å²) in [6.45, 7) is 8.48. The van der Waals surface area contributed by atoms with E-state index in [4.69, 9.17) is 10.8 Å². The van der Waals surface area contributed by atoms with Gasteiger partial charge in [-0.15, -0.1) is 0 Å². The Hall–Kier alpha value is -1.02. The van der Waals surface area contributed by atoms with Gasteiger partial charge in [0.1, 0.15) is 5.75 Å². The molecule has 0 unspecified atom stereocenters. The second-order valence-corrected chi connectivity index (χ2v) is 1.87. The molecule has 3 N–H and O–H groups in total. The Kier molecular flexibility index (Phi) is 12.2. The van der Waals surface area contributed by atoms with Crippen LogP contribution in [0.3, 0.4) is 0 Å². The van der Waals surface area contributed by atoms with Crippen LogP contribution in [0.15, 0.2) is 24.3 Å². The van der Waals surface area contributed by atoms with Crippen LogP contribution in [-0.4, -0.2) is 5.11 Å². The molecule has 0 aliphatic rings. The Bertz CT molecular complexity index is 199. The van der Waals surface area contributed by atoms with Gasteiger partial charge in [-0.3, -0.25) is 0 Å². The predicted octanol–water partition coefficient (Wildman–Crippen LogP) is 2.90. The van der Waals surface area contributed by atoms with E-state index in [1.165, 1.54) is 0 Å². The predicted molar refractivity (Wildman–Crippen MR) is 58.7 cm³/mol. The number of hydrogen-bond acceptors (Lipinski definition) is 2. The highest BCUT2D eigenvalue weighted by atomic mass is 16.3. The van der Waals surface area contributed by atoms with Gasteiger partial charge in [-0.1, -0.05) is 39.8 Å². The lowest BCUT2D eigenvalue weighted by Gasteiger charge is -1.94. The van der Waals surface area contributed by atoms with Gasteiger partial charge in [-0.05, 0) is 17.7 Å². The summed E-state index contributed by atoms with van der Waals surface area (Å²) >= 11 is 0. The van der Waals surface area contributed by atoms with Crippen molar-refractivity contribution in [1.82, 2.24) is 0 Å². The second-order valence-electron chi connectivity index (χ2n) is 1.87. The molecule has 0 aliphatic carbocycles. The van der Waals surface area contributed by atoms with Gasteiger partial charge in [0.25, 0.3) is 0 Å². The normalized spacial score (nSPS) is 7.46. The van der Waals surface area contributed by atoms with Crippen molar-refractivity contribution >= 4 is 0 Å². The lowest BCUT2D eigenvalue weighted by atomic mass is 10.2. The largest absolute Gasteiger partial charge is 0.508 e. The van der Waals surface area contributed by atoms with E-state index in [2.05, 4.69) is 0 Å². The molecule has 0 aliphatic heterocycles. The first-order chi connectivity index (χ1) is 6.33. The molecule has 0 aromatic heterocycles. The smallest absolute Gasteiger partial charge is 0.115 e. The van der Waals surface area contributed by atoms with Crippen molar-refractivity contribution in [3.05, 3.63) is 29.8 Å². The molecule has 0 heterocycles. The molecule has 2 heteroatoms. The van der Waals surface area contributed by atoms with Gasteiger partial charge in [0, 0.05) is 6.54 Å². The van der Waals surface area contributed by atoms with Crippen LogP contribution >= 0.6 is 0 Å². The van der Waals surface area contributed by atoms with Crippen molar-refractivity contribution in [2.24, 2.45) is 5.73 Å². The lowest BCUT2D eigenvalue weighted by Crippen LogP contribution is -1.94. The molecule has 0 atom stereocenters. The average Bonchev–Trinajstić information content (AvgIpc) is 2.24. The summed E-state index contributed by atoms with van der Waals surface area (Å²) in [7, 11) is 0. The van der Waals surface area contributed by atoms with Gasteiger partial charge in [-0.25, -0.2) is 0 Å². The second kappa shape index (κ2) is 11.0. The molecular formula is C11H21NO. The maximum atomic E-state index is 8.89. The molecule has 0 amide bonds. The van der Waals surface area contributed by atoms with Crippen LogP contribution in [-0.2, 0) is 6.54 Å². The van der Waals surface area contributed by atoms with E-state index >= 15 is 0 Å². The van der Waals surface area contributed by atoms with Crippen LogP contribution in [0, 0.1) is 0 Å². The van der Waals surface area contributed by atoms with E-state index in [-0.39, 0.29) is 5.75 Å². The van der Waals surface area contributed by atoms with Gasteiger partial charge < -0.3 is 10.8 Å². The fraction of sp³-hybridized carbons (Fsp3) is 0.455. The summed E-state index contributed by atoms with van der Waals surface area (Å²) in [4.78, 5) is 0. The van der Waals surface area contributed by atoms with Crippen LogP contribution in [0.4, 0.5) is 0 Å². The van der Waals surface area contributed by atoms with Crippen LogP contribution in [0.25, 0.3) is 0 Å². The Morgan fingerprint density at radius 1 is 1.15 bits per heavy atom. The fourth-order valence-electron chi connectivity index (χ4n) is 0.683. The first kappa shape index (κ1) is 14.5. The van der Waals surface area contributed by atoms with Crippen LogP contribution < -0.4 is 5.73 Å². The Morgan fingerprint density at radius 3 is 2.00 bits per heavy atom. The molecule has 2 nitrogen and oxygen atoms in total. The highest BCUT2D eigenvalue weighted by Gasteiger charge is 1.88. The molecule has 0 fully saturated rings. The number of phenolic OH excluding ortho intramolecular Hbond substituents is 1. The highest BCUT2D eigenvalue weighted by Crippen LogP contribution is 2.09. The van der Waals surface area contributed by atoms with Crippen molar-refractivity contribution in [1.29, 1.82) is 0 Å². The van der Waals surface area contributed by atoms with E-state index in [0.717, 1.165) is 5.56 Å². The van der Waals surface area contributed by atoms with E-state index in [1.54, 1.807) is 18.2 Å². The third-order valence-corrected chi connectivity index (χ3v) is 1.15. The standard InChI is InChI=1S/C7H9NO.2C2H6/c8-5-6-2-1-3-7(9)4-6;2*1-2/h1-4,9H,5,8H2;2*1-2H3. The molecule has 0 saturated carbocycles. The molecule has 1 aromatic rings. The lowest BCUT2D eigenvalue weighted by molar-refractivity contribution is 0.474. The van der Waals surface area contributed by atoms with Crippen molar-refractivity contribution in [3.8, 4) is 5.75 Å². The van der Waals surface area contributed by atoms with E-state index in [0.29, 0.717) is 6.54 Å². The third kappa shape index (κ3) is 7.34. The molecule has 0 spiro atoms. The number of phenols is 1. The Balaban J connectivity index is 0. The zero-order valence-electron chi connectivity index (χ0n) is 9.04. The van der Waals surface area contributed by atoms with Crippen LogP contribution in [0.2, 0.25) is 0 Å². The maximum Gasteiger partial charge on any atom is 0.115 e. The SMILES string of the molecule is CC.CC.NCc1cccc(O)c1. The molecule has 0 saturated heterocycles. The number of nitrogens with two attached hydrogens (primary N) is 1. The molecular weight excluding hydrogens is 162 g/mol. The van der Waals surface area contributed by atoms with Gasteiger partial charge >= 0.3 is 0 Å². The third-order valence-electron chi connectivity index (χ3n) is 1.15. The Morgan fingerprint density at radius 2 is 1.69 bits per heavy atom. The van der Waals surface area contributed by atoms with Gasteiger partial charge in [0.15, 0.2) is 0 Å². The van der Waals surface area contributed by atoms with Crippen molar-refractivity contribution < 1.29 is 5.11 Å². The topological polar surface area (TPSA) is 46.2 Å². The van der Waals surface area contributed by atoms with E-state index in [9.17, 15) is 0 Å². The summed E-state index contributed by atoms with van der Waals surface area (Å²) in [5.41, 5.74) is 6.26. The molecule has 0 bridgehead atoms. The first-order valence-corrected chi connectivity index (χ1v) is 4.81. The monoisotopic (exact) mass is 183 g/mol. The summed E-state index contributed by atoms with van der Waals surface area (Å²) in [5.74, 6) is 0.276. The van der Waals surface area contributed by atoms with Gasteiger partial charge in [0.2, 0.25) is 0 Å². The molecule has 13 heavy (non-hydrogen) atoms. The van der Waals surface area contributed by atoms with Gasteiger partial charge in [0.05, 0.1) is 0 Å². The summed E-state index contributed by atoms with van der Waals surface area (Å²) in [6.07, 6.45) is 0. The van der Waals surface area contributed by atoms with E-state index < -0.39 is 0 Å². The minimum Gasteiger partial charge on any atom is -0.508 e. The quantitative estimate of drug-likeness (QED) is 0.703. The van der Waals surface area contributed by atoms with Crippen molar-refractivity contribution in [2.75, 3.05) is 0 Å². The Labute approximate surface area is 81.4 Å². The summed E-state index contributed by atoms with van der Waals surface area (Å²) in [6, 6.07) is 6.93.